The van der Waals surface area contributed by atoms with E-state index < -0.39 is 0 Å². The third-order valence-electron chi connectivity index (χ3n) is 6.61. The minimum atomic E-state index is -0.168. The van der Waals surface area contributed by atoms with Gasteiger partial charge in [0.2, 0.25) is 0 Å². The van der Waals surface area contributed by atoms with Crippen LogP contribution < -0.4 is 4.90 Å². The number of piperazine rings is 1. The van der Waals surface area contributed by atoms with Gasteiger partial charge < -0.3 is 9.64 Å². The molecule has 1 aliphatic heterocycles. The first kappa shape index (κ1) is 24.6. The Morgan fingerprint density at radius 2 is 1.69 bits per heavy atom. The summed E-state index contributed by atoms with van der Waals surface area (Å²) >= 11 is 6.02. The first-order valence-corrected chi connectivity index (χ1v) is 12.3. The van der Waals surface area contributed by atoms with Crippen molar-refractivity contribution in [3.05, 3.63) is 65.2 Å². The summed E-state index contributed by atoms with van der Waals surface area (Å²) in [5.41, 5.74) is 2.32. The maximum atomic E-state index is 12.6. The van der Waals surface area contributed by atoms with Crippen LogP contribution in [0.15, 0.2) is 54.6 Å². The number of rotatable bonds is 10. The van der Waals surface area contributed by atoms with Crippen LogP contribution in [-0.2, 0) is 14.9 Å². The molecule has 2 aromatic rings. The van der Waals surface area contributed by atoms with Crippen LogP contribution in [0.1, 0.15) is 52.0 Å². The minimum absolute atomic E-state index is 0.0789. The van der Waals surface area contributed by atoms with Crippen molar-refractivity contribution in [1.82, 2.24) is 4.90 Å². The van der Waals surface area contributed by atoms with Crippen molar-refractivity contribution in [2.24, 2.45) is 0 Å². The summed E-state index contributed by atoms with van der Waals surface area (Å²) in [7, 11) is 0. The van der Waals surface area contributed by atoms with Crippen molar-refractivity contribution >= 4 is 23.3 Å². The molecular weight excluding hydrogens is 420 g/mol. The highest BCUT2D eigenvalue weighted by Crippen LogP contribution is 2.37. The van der Waals surface area contributed by atoms with E-state index in [4.69, 9.17) is 16.3 Å². The highest BCUT2D eigenvalue weighted by molar-refractivity contribution is 6.30. The molecule has 2 aromatic carbocycles. The van der Waals surface area contributed by atoms with Gasteiger partial charge in [-0.3, -0.25) is 9.69 Å². The summed E-state index contributed by atoms with van der Waals surface area (Å²) in [5, 5.41) is 0.780. The minimum Gasteiger partial charge on any atom is -0.463 e. The fraction of sp³-hybridized carbons (Fsp3) is 0.519. The van der Waals surface area contributed by atoms with E-state index in [-0.39, 0.29) is 17.5 Å². The molecule has 1 heterocycles. The standard InChI is InChI=1S/C27H37ClN2O2/c1-4-27(21-26(31)32-22(2)3,23-9-6-5-7-10-23)15-8-16-29-17-19-30(20-18-29)25-13-11-24(28)12-14-25/h5-7,9-14,22H,4,8,15-21H2,1-3H3. The van der Waals surface area contributed by atoms with E-state index in [1.54, 1.807) is 0 Å². The van der Waals surface area contributed by atoms with E-state index in [0.717, 1.165) is 57.0 Å². The van der Waals surface area contributed by atoms with Crippen molar-refractivity contribution in [3.63, 3.8) is 0 Å². The van der Waals surface area contributed by atoms with Gasteiger partial charge >= 0.3 is 5.97 Å². The zero-order valence-corrected chi connectivity index (χ0v) is 20.5. The van der Waals surface area contributed by atoms with E-state index in [1.807, 2.05) is 32.0 Å². The van der Waals surface area contributed by atoms with Crippen molar-refractivity contribution < 1.29 is 9.53 Å². The lowest BCUT2D eigenvalue weighted by molar-refractivity contribution is -0.149. The molecule has 0 bridgehead atoms. The number of halogens is 1. The molecule has 0 aliphatic carbocycles. The van der Waals surface area contributed by atoms with Crippen LogP contribution >= 0.6 is 11.6 Å². The molecule has 0 amide bonds. The van der Waals surface area contributed by atoms with Crippen LogP contribution in [0, 0.1) is 0 Å². The molecule has 1 unspecified atom stereocenters. The molecule has 1 atom stereocenters. The first-order valence-electron chi connectivity index (χ1n) is 11.9. The van der Waals surface area contributed by atoms with Crippen molar-refractivity contribution in [2.45, 2.75) is 58.0 Å². The number of anilines is 1. The molecule has 0 saturated carbocycles. The maximum absolute atomic E-state index is 12.6. The summed E-state index contributed by atoms with van der Waals surface area (Å²) in [6, 6.07) is 18.6. The van der Waals surface area contributed by atoms with Gasteiger partial charge in [-0.2, -0.15) is 0 Å². The summed E-state index contributed by atoms with van der Waals surface area (Å²) < 4.78 is 5.52. The predicted molar refractivity (Wildman–Crippen MR) is 134 cm³/mol. The molecule has 1 fully saturated rings. The Hall–Kier alpha value is -2.04. The Morgan fingerprint density at radius 3 is 2.28 bits per heavy atom. The van der Waals surface area contributed by atoms with E-state index in [1.165, 1.54) is 11.3 Å². The number of ether oxygens (including phenoxy) is 1. The monoisotopic (exact) mass is 456 g/mol. The zero-order chi connectivity index (χ0) is 23.0. The number of hydrogen-bond donors (Lipinski definition) is 0. The fourth-order valence-corrected chi connectivity index (χ4v) is 4.86. The highest BCUT2D eigenvalue weighted by atomic mass is 35.5. The number of carbonyl (C=O) groups is 1. The lowest BCUT2D eigenvalue weighted by atomic mass is 9.72. The third-order valence-corrected chi connectivity index (χ3v) is 6.86. The second-order valence-corrected chi connectivity index (χ2v) is 9.56. The molecule has 0 spiro atoms. The lowest BCUT2D eigenvalue weighted by Crippen LogP contribution is -2.46. The van der Waals surface area contributed by atoms with Crippen LogP contribution in [-0.4, -0.2) is 49.7 Å². The molecule has 0 aromatic heterocycles. The van der Waals surface area contributed by atoms with Gasteiger partial charge in [0.1, 0.15) is 0 Å². The average Bonchev–Trinajstić information content (AvgIpc) is 2.79. The Labute approximate surface area is 198 Å². The number of carbonyl (C=O) groups excluding carboxylic acids is 1. The molecule has 0 radical (unpaired) electrons. The zero-order valence-electron chi connectivity index (χ0n) is 19.7. The second kappa shape index (κ2) is 11.7. The van der Waals surface area contributed by atoms with Crippen molar-refractivity contribution in [1.29, 1.82) is 0 Å². The molecule has 174 valence electrons. The van der Waals surface area contributed by atoms with E-state index in [2.05, 4.69) is 53.1 Å². The predicted octanol–water partition coefficient (Wildman–Crippen LogP) is 5.93. The molecule has 1 aliphatic rings. The molecular formula is C27H37ClN2O2. The van der Waals surface area contributed by atoms with Crippen LogP contribution in [0.5, 0.6) is 0 Å². The van der Waals surface area contributed by atoms with Gasteiger partial charge in [-0.1, -0.05) is 48.9 Å². The van der Waals surface area contributed by atoms with E-state index >= 15 is 0 Å². The fourth-order valence-electron chi connectivity index (χ4n) is 4.74. The van der Waals surface area contributed by atoms with Gasteiger partial charge in [-0.05, 0) is 69.5 Å². The summed E-state index contributed by atoms with van der Waals surface area (Å²) in [6.45, 7) is 11.3. The Bertz CT molecular complexity index is 832. The number of nitrogens with zero attached hydrogens (tertiary/aromatic N) is 2. The molecule has 3 rings (SSSR count). The Balaban J connectivity index is 1.57. The summed E-state index contributed by atoms with van der Waals surface area (Å²) in [5.74, 6) is -0.0951. The quantitative estimate of drug-likeness (QED) is 0.414. The Kier molecular flexibility index (Phi) is 9.01. The van der Waals surface area contributed by atoms with Gasteiger partial charge in [0.25, 0.3) is 0 Å². The molecule has 0 N–H and O–H groups in total. The van der Waals surface area contributed by atoms with E-state index in [0.29, 0.717) is 6.42 Å². The summed E-state index contributed by atoms with van der Waals surface area (Å²) in [6.07, 6.45) is 3.34. The molecule has 1 saturated heterocycles. The van der Waals surface area contributed by atoms with Gasteiger partial charge in [0.05, 0.1) is 12.5 Å². The number of benzene rings is 2. The van der Waals surface area contributed by atoms with Gasteiger partial charge in [0, 0.05) is 42.3 Å². The molecule has 32 heavy (non-hydrogen) atoms. The number of esters is 1. The van der Waals surface area contributed by atoms with Crippen LogP contribution in [0.4, 0.5) is 5.69 Å². The second-order valence-electron chi connectivity index (χ2n) is 9.12. The van der Waals surface area contributed by atoms with Gasteiger partial charge in [0.15, 0.2) is 0 Å². The normalized spacial score (nSPS) is 16.7. The smallest absolute Gasteiger partial charge is 0.306 e. The topological polar surface area (TPSA) is 32.8 Å². The summed E-state index contributed by atoms with van der Waals surface area (Å²) in [4.78, 5) is 17.6. The largest absolute Gasteiger partial charge is 0.463 e. The average molecular weight is 457 g/mol. The van der Waals surface area contributed by atoms with Crippen molar-refractivity contribution in [2.75, 3.05) is 37.6 Å². The highest BCUT2D eigenvalue weighted by Gasteiger charge is 2.33. The van der Waals surface area contributed by atoms with Gasteiger partial charge in [-0.15, -0.1) is 0 Å². The van der Waals surface area contributed by atoms with E-state index in [9.17, 15) is 4.79 Å². The van der Waals surface area contributed by atoms with Crippen LogP contribution in [0.3, 0.4) is 0 Å². The van der Waals surface area contributed by atoms with Crippen molar-refractivity contribution in [3.8, 4) is 0 Å². The maximum Gasteiger partial charge on any atom is 0.306 e. The first-order chi connectivity index (χ1) is 15.4. The molecule has 4 nitrogen and oxygen atoms in total. The van der Waals surface area contributed by atoms with Gasteiger partial charge in [-0.25, -0.2) is 0 Å². The number of hydrogen-bond acceptors (Lipinski definition) is 4. The lowest BCUT2D eigenvalue weighted by Gasteiger charge is -2.37. The Morgan fingerprint density at radius 1 is 1.03 bits per heavy atom. The molecule has 5 heteroatoms. The third kappa shape index (κ3) is 6.73. The SMILES string of the molecule is CCC(CCCN1CCN(c2ccc(Cl)cc2)CC1)(CC(=O)OC(C)C)c1ccccc1. The van der Waals surface area contributed by atoms with Crippen LogP contribution in [0.2, 0.25) is 5.02 Å². The van der Waals surface area contributed by atoms with Crippen LogP contribution in [0.25, 0.3) is 0 Å².